The van der Waals surface area contributed by atoms with E-state index in [0.717, 1.165) is 32.5 Å². The molecule has 0 rings (SSSR count). The van der Waals surface area contributed by atoms with E-state index in [9.17, 15) is 4.79 Å². The van der Waals surface area contributed by atoms with Crippen molar-refractivity contribution in [3.05, 3.63) is 0 Å². The van der Waals surface area contributed by atoms with E-state index in [1.807, 2.05) is 0 Å². The van der Waals surface area contributed by atoms with Crippen LogP contribution in [0.25, 0.3) is 0 Å². The number of isocyanates is 1. The normalized spacial score (nSPS) is 10.1. The van der Waals surface area contributed by atoms with E-state index < -0.39 is 0 Å². The Hall–Kier alpha value is -0.660. The van der Waals surface area contributed by atoms with Gasteiger partial charge in [0.2, 0.25) is 6.08 Å². The second-order valence-electron chi connectivity index (χ2n) is 4.06. The first-order valence-electron chi connectivity index (χ1n) is 6.53. The lowest BCUT2D eigenvalue weighted by atomic mass is 10.2. The average Bonchev–Trinajstić information content (AvgIpc) is 2.31. The topological polar surface area (TPSA) is 38.7 Å². The van der Waals surface area contributed by atoms with Crippen LogP contribution < -0.4 is 0 Å². The molecule has 0 N–H and O–H groups in total. The summed E-state index contributed by atoms with van der Waals surface area (Å²) in [6.07, 6.45) is 11.1. The minimum absolute atomic E-state index is 0.626. The molecule has 0 amide bonds. The van der Waals surface area contributed by atoms with Gasteiger partial charge in [-0.05, 0) is 19.3 Å². The third-order valence-electron chi connectivity index (χ3n) is 2.52. The maximum atomic E-state index is 9.78. The van der Waals surface area contributed by atoms with Crippen LogP contribution in [0.15, 0.2) is 4.99 Å². The van der Waals surface area contributed by atoms with Crippen molar-refractivity contribution in [2.75, 3.05) is 19.8 Å². The van der Waals surface area contributed by atoms with Crippen molar-refractivity contribution in [1.29, 1.82) is 0 Å². The number of carbonyl (C=O) groups excluding carboxylic acids is 1. The van der Waals surface area contributed by atoms with Gasteiger partial charge in [-0.25, -0.2) is 9.79 Å². The molecular formula is C13H25NO2. The van der Waals surface area contributed by atoms with Crippen molar-refractivity contribution in [2.24, 2.45) is 4.99 Å². The van der Waals surface area contributed by atoms with E-state index >= 15 is 0 Å². The summed E-state index contributed by atoms with van der Waals surface area (Å²) >= 11 is 0. The molecule has 0 aliphatic heterocycles. The van der Waals surface area contributed by atoms with E-state index in [-0.39, 0.29) is 0 Å². The summed E-state index contributed by atoms with van der Waals surface area (Å²) in [5, 5.41) is 0. The molecular weight excluding hydrogens is 202 g/mol. The zero-order chi connectivity index (χ0) is 11.9. The molecule has 16 heavy (non-hydrogen) atoms. The largest absolute Gasteiger partial charge is 0.381 e. The Morgan fingerprint density at radius 3 is 2.19 bits per heavy atom. The van der Waals surface area contributed by atoms with Crippen LogP contribution in [0.3, 0.4) is 0 Å². The molecule has 0 fully saturated rings. The fourth-order valence-corrected chi connectivity index (χ4v) is 1.53. The van der Waals surface area contributed by atoms with Gasteiger partial charge in [0.05, 0.1) is 6.54 Å². The predicted molar refractivity (Wildman–Crippen MR) is 66.4 cm³/mol. The van der Waals surface area contributed by atoms with E-state index in [1.165, 1.54) is 32.1 Å². The summed E-state index contributed by atoms with van der Waals surface area (Å²) in [6, 6.07) is 0. The number of hydrogen-bond acceptors (Lipinski definition) is 3. The fraction of sp³-hybridized carbons (Fsp3) is 0.923. The Balaban J connectivity index is 2.90. The Morgan fingerprint density at radius 1 is 0.938 bits per heavy atom. The standard InChI is InChI=1S/C13H25NO2/c1-2-3-4-8-11-16-12-9-6-5-7-10-14-13-15/h2-12H2,1H3. The lowest BCUT2D eigenvalue weighted by Gasteiger charge is -2.03. The van der Waals surface area contributed by atoms with E-state index in [1.54, 1.807) is 6.08 Å². The molecule has 0 aromatic rings. The van der Waals surface area contributed by atoms with Crippen molar-refractivity contribution in [1.82, 2.24) is 0 Å². The maximum Gasteiger partial charge on any atom is 0.234 e. The van der Waals surface area contributed by atoms with Crippen LogP contribution in [0.4, 0.5) is 0 Å². The summed E-state index contributed by atoms with van der Waals surface area (Å²) < 4.78 is 5.52. The van der Waals surface area contributed by atoms with Gasteiger partial charge in [0.1, 0.15) is 0 Å². The van der Waals surface area contributed by atoms with Gasteiger partial charge in [-0.3, -0.25) is 0 Å². The highest BCUT2D eigenvalue weighted by Crippen LogP contribution is 2.02. The molecule has 0 saturated heterocycles. The van der Waals surface area contributed by atoms with Gasteiger partial charge >= 0.3 is 0 Å². The molecule has 3 nitrogen and oxygen atoms in total. The summed E-state index contributed by atoms with van der Waals surface area (Å²) in [4.78, 5) is 13.3. The first-order chi connectivity index (χ1) is 7.91. The van der Waals surface area contributed by atoms with Crippen LogP contribution in [0.2, 0.25) is 0 Å². The highest BCUT2D eigenvalue weighted by atomic mass is 16.5. The minimum Gasteiger partial charge on any atom is -0.381 e. The maximum absolute atomic E-state index is 9.78. The molecule has 0 aromatic heterocycles. The van der Waals surface area contributed by atoms with Crippen LogP contribution >= 0.6 is 0 Å². The van der Waals surface area contributed by atoms with Gasteiger partial charge in [0, 0.05) is 13.2 Å². The van der Waals surface area contributed by atoms with E-state index in [4.69, 9.17) is 4.74 Å². The number of hydrogen-bond donors (Lipinski definition) is 0. The smallest absolute Gasteiger partial charge is 0.234 e. The van der Waals surface area contributed by atoms with Gasteiger partial charge < -0.3 is 4.74 Å². The third kappa shape index (κ3) is 13.3. The van der Waals surface area contributed by atoms with Crippen molar-refractivity contribution < 1.29 is 9.53 Å². The Morgan fingerprint density at radius 2 is 1.56 bits per heavy atom. The minimum atomic E-state index is 0.626. The number of ether oxygens (including phenoxy) is 1. The lowest BCUT2D eigenvalue weighted by Crippen LogP contribution is -1.97. The number of nitrogens with zero attached hydrogens (tertiary/aromatic N) is 1. The summed E-state index contributed by atoms with van der Waals surface area (Å²) in [5.41, 5.74) is 0. The molecule has 0 aliphatic carbocycles. The fourth-order valence-electron chi connectivity index (χ4n) is 1.53. The molecule has 94 valence electrons. The van der Waals surface area contributed by atoms with E-state index in [0.29, 0.717) is 6.54 Å². The first kappa shape index (κ1) is 15.3. The molecule has 3 heteroatoms. The molecule has 0 heterocycles. The molecule has 0 aliphatic rings. The summed E-state index contributed by atoms with van der Waals surface area (Å²) in [7, 11) is 0. The van der Waals surface area contributed by atoms with Gasteiger partial charge in [0.15, 0.2) is 0 Å². The van der Waals surface area contributed by atoms with Crippen molar-refractivity contribution in [3.8, 4) is 0 Å². The first-order valence-corrected chi connectivity index (χ1v) is 6.53. The molecule has 0 saturated carbocycles. The van der Waals surface area contributed by atoms with Crippen molar-refractivity contribution in [2.45, 2.75) is 58.3 Å². The average molecular weight is 227 g/mol. The highest BCUT2D eigenvalue weighted by Gasteiger charge is 1.91. The van der Waals surface area contributed by atoms with Crippen LogP contribution in [0.5, 0.6) is 0 Å². The molecule has 0 bridgehead atoms. The molecule has 0 unspecified atom stereocenters. The summed E-state index contributed by atoms with van der Waals surface area (Å²) in [5.74, 6) is 0. The second-order valence-corrected chi connectivity index (χ2v) is 4.06. The van der Waals surface area contributed by atoms with Crippen LogP contribution in [-0.2, 0) is 9.53 Å². The van der Waals surface area contributed by atoms with Crippen molar-refractivity contribution in [3.63, 3.8) is 0 Å². The Labute approximate surface area is 99.3 Å². The third-order valence-corrected chi connectivity index (χ3v) is 2.52. The quantitative estimate of drug-likeness (QED) is 0.291. The SMILES string of the molecule is CCCCCCOCCCCCCN=C=O. The van der Waals surface area contributed by atoms with E-state index in [2.05, 4.69) is 11.9 Å². The number of rotatable bonds is 12. The Bertz CT molecular complexity index is 177. The second kappa shape index (κ2) is 14.3. The highest BCUT2D eigenvalue weighted by molar-refractivity contribution is 5.32. The Kier molecular flexibility index (Phi) is 13.7. The summed E-state index contributed by atoms with van der Waals surface area (Å²) in [6.45, 7) is 4.63. The number of aliphatic imine (C=N–C) groups is 1. The zero-order valence-electron chi connectivity index (χ0n) is 10.5. The van der Waals surface area contributed by atoms with Gasteiger partial charge in [-0.15, -0.1) is 0 Å². The van der Waals surface area contributed by atoms with Crippen molar-refractivity contribution >= 4 is 6.08 Å². The van der Waals surface area contributed by atoms with Gasteiger partial charge in [-0.1, -0.05) is 39.0 Å². The predicted octanol–water partition coefficient (Wildman–Crippen LogP) is 3.48. The zero-order valence-corrected chi connectivity index (χ0v) is 10.5. The van der Waals surface area contributed by atoms with Crippen LogP contribution in [0, 0.1) is 0 Å². The molecule has 0 aromatic carbocycles. The van der Waals surface area contributed by atoms with Crippen LogP contribution in [0.1, 0.15) is 58.3 Å². The molecule has 0 atom stereocenters. The van der Waals surface area contributed by atoms with Crippen LogP contribution in [-0.4, -0.2) is 25.8 Å². The monoisotopic (exact) mass is 227 g/mol. The molecule has 0 spiro atoms. The molecule has 0 radical (unpaired) electrons. The van der Waals surface area contributed by atoms with Gasteiger partial charge in [0.25, 0.3) is 0 Å². The van der Waals surface area contributed by atoms with Gasteiger partial charge in [-0.2, -0.15) is 0 Å². The number of unbranched alkanes of at least 4 members (excludes halogenated alkanes) is 6. The lowest BCUT2D eigenvalue weighted by molar-refractivity contribution is 0.126.